The Labute approximate surface area is 150 Å². The van der Waals surface area contributed by atoms with E-state index in [9.17, 15) is 9.59 Å². The van der Waals surface area contributed by atoms with Crippen molar-refractivity contribution >= 4 is 23.6 Å². The van der Waals surface area contributed by atoms with Crippen LogP contribution in [-0.4, -0.2) is 60.8 Å². The smallest absolute Gasteiger partial charge is 0.251 e. The van der Waals surface area contributed by atoms with E-state index in [-0.39, 0.29) is 30.6 Å². The summed E-state index contributed by atoms with van der Waals surface area (Å²) in [4.78, 5) is 26.6. The van der Waals surface area contributed by atoms with Gasteiger partial charge in [0.25, 0.3) is 5.91 Å². The number of benzene rings is 1. The van der Waals surface area contributed by atoms with Crippen LogP contribution >= 0.6 is 11.8 Å². The van der Waals surface area contributed by atoms with Crippen LogP contribution in [0.5, 0.6) is 11.5 Å². The lowest BCUT2D eigenvalue weighted by atomic mass is 10.0. The van der Waals surface area contributed by atoms with Gasteiger partial charge in [-0.25, -0.2) is 0 Å². The molecule has 134 valence electrons. The minimum Gasteiger partial charge on any atom is -0.454 e. The normalized spacial score (nSPS) is 24.6. The number of thioether (sulfide) groups is 1. The summed E-state index contributed by atoms with van der Waals surface area (Å²) >= 11 is 1.79. The first-order chi connectivity index (χ1) is 12.2. The summed E-state index contributed by atoms with van der Waals surface area (Å²) < 4.78 is 10.6. The zero-order chi connectivity index (χ0) is 17.2. The number of nitrogens with zero attached hydrogens (tertiary/aromatic N) is 1. The monoisotopic (exact) mass is 363 g/mol. The molecule has 1 aromatic rings. The minimum atomic E-state index is -0.135. The number of hydrogen-bond donors (Lipinski definition) is 2. The van der Waals surface area contributed by atoms with E-state index in [0.29, 0.717) is 23.6 Å². The number of nitrogens with one attached hydrogen (secondary N) is 2. The molecule has 0 aromatic heterocycles. The summed E-state index contributed by atoms with van der Waals surface area (Å²) in [6, 6.07) is 5.05. The number of fused-ring (bicyclic) bond motifs is 1. The first-order valence-electron chi connectivity index (χ1n) is 8.48. The molecule has 1 aromatic carbocycles. The summed E-state index contributed by atoms with van der Waals surface area (Å²) in [5.41, 5.74) is 0.553. The second kappa shape index (κ2) is 7.13. The van der Waals surface area contributed by atoms with Gasteiger partial charge in [-0.2, -0.15) is 0 Å². The molecule has 0 spiro atoms. The molecule has 2 fully saturated rings. The highest BCUT2D eigenvalue weighted by atomic mass is 32.2. The number of carbonyl (C=O) groups is 2. The van der Waals surface area contributed by atoms with Gasteiger partial charge in [0.1, 0.15) is 0 Å². The van der Waals surface area contributed by atoms with Crippen LogP contribution in [0.4, 0.5) is 0 Å². The molecule has 7 nitrogen and oxygen atoms in total. The lowest BCUT2D eigenvalue weighted by Crippen LogP contribution is -2.42. The highest BCUT2D eigenvalue weighted by Crippen LogP contribution is 2.32. The molecule has 0 aliphatic carbocycles. The SMILES string of the molecule is O=C(NC[C@@H]1CN[C@H](C(=O)N2CCSC2)C1)c1ccc2c(c1)OCO2. The quantitative estimate of drug-likeness (QED) is 0.818. The van der Waals surface area contributed by atoms with Crippen molar-refractivity contribution in [2.75, 3.05) is 38.1 Å². The summed E-state index contributed by atoms with van der Waals surface area (Å²) in [6.07, 6.45) is 0.765. The van der Waals surface area contributed by atoms with Gasteiger partial charge >= 0.3 is 0 Å². The fourth-order valence-electron chi connectivity index (χ4n) is 3.34. The van der Waals surface area contributed by atoms with Crippen molar-refractivity contribution in [2.45, 2.75) is 12.5 Å². The van der Waals surface area contributed by atoms with Crippen molar-refractivity contribution in [3.8, 4) is 11.5 Å². The van der Waals surface area contributed by atoms with Crippen LogP contribution in [0.3, 0.4) is 0 Å². The lowest BCUT2D eigenvalue weighted by molar-refractivity contribution is -0.131. The molecule has 3 heterocycles. The second-order valence-corrected chi connectivity index (χ2v) is 7.55. The second-order valence-electron chi connectivity index (χ2n) is 6.48. The predicted molar refractivity (Wildman–Crippen MR) is 93.8 cm³/mol. The standard InChI is InChI=1S/C17H21N3O4S/c21-16(12-1-2-14-15(6-12)24-10-23-14)19-8-11-5-13(18-7-11)17(22)20-3-4-25-9-20/h1-2,6,11,13,18H,3-5,7-10H2,(H,19,21)/t11-,13-/m0/s1. The first kappa shape index (κ1) is 16.5. The number of amides is 2. The lowest BCUT2D eigenvalue weighted by Gasteiger charge is -2.19. The van der Waals surface area contributed by atoms with E-state index in [1.165, 1.54) is 0 Å². The molecule has 2 N–H and O–H groups in total. The van der Waals surface area contributed by atoms with Gasteiger partial charge in [-0.1, -0.05) is 0 Å². The van der Waals surface area contributed by atoms with Crippen molar-refractivity contribution in [3.63, 3.8) is 0 Å². The maximum absolute atomic E-state index is 12.4. The molecule has 0 radical (unpaired) electrons. The van der Waals surface area contributed by atoms with Gasteiger partial charge in [0.15, 0.2) is 11.5 Å². The average molecular weight is 363 g/mol. The zero-order valence-corrected chi connectivity index (χ0v) is 14.6. The molecule has 0 unspecified atom stereocenters. The largest absolute Gasteiger partial charge is 0.454 e. The van der Waals surface area contributed by atoms with Crippen LogP contribution in [-0.2, 0) is 4.79 Å². The molecular weight excluding hydrogens is 342 g/mol. The van der Waals surface area contributed by atoms with Gasteiger partial charge < -0.3 is 25.0 Å². The van der Waals surface area contributed by atoms with Gasteiger partial charge in [0, 0.05) is 31.0 Å². The van der Waals surface area contributed by atoms with Crippen molar-refractivity contribution in [1.82, 2.24) is 15.5 Å². The Bertz CT molecular complexity index is 678. The summed E-state index contributed by atoms with van der Waals surface area (Å²) in [5, 5.41) is 6.25. The average Bonchev–Trinajstić information content (AvgIpc) is 3.39. The third kappa shape index (κ3) is 3.55. The molecule has 4 rings (SSSR count). The van der Waals surface area contributed by atoms with Gasteiger partial charge in [0.2, 0.25) is 12.7 Å². The zero-order valence-electron chi connectivity index (χ0n) is 13.8. The van der Waals surface area contributed by atoms with E-state index < -0.39 is 0 Å². The first-order valence-corrected chi connectivity index (χ1v) is 9.64. The molecule has 2 saturated heterocycles. The Morgan fingerprint density at radius 3 is 3.04 bits per heavy atom. The number of hydrogen-bond acceptors (Lipinski definition) is 6. The summed E-state index contributed by atoms with van der Waals surface area (Å²) in [6.45, 7) is 2.34. The molecular formula is C17H21N3O4S. The Morgan fingerprint density at radius 2 is 2.20 bits per heavy atom. The third-order valence-corrected chi connectivity index (χ3v) is 5.74. The van der Waals surface area contributed by atoms with Gasteiger partial charge in [0.05, 0.1) is 11.9 Å². The van der Waals surface area contributed by atoms with E-state index >= 15 is 0 Å². The van der Waals surface area contributed by atoms with E-state index in [0.717, 1.165) is 31.1 Å². The molecule has 0 bridgehead atoms. The van der Waals surface area contributed by atoms with E-state index in [1.54, 1.807) is 30.0 Å². The Kier molecular flexibility index (Phi) is 4.72. The van der Waals surface area contributed by atoms with Crippen molar-refractivity contribution in [2.24, 2.45) is 5.92 Å². The van der Waals surface area contributed by atoms with Gasteiger partial charge in [-0.15, -0.1) is 11.8 Å². The molecule has 0 saturated carbocycles. The Balaban J connectivity index is 1.27. The van der Waals surface area contributed by atoms with Crippen molar-refractivity contribution < 1.29 is 19.1 Å². The molecule has 8 heteroatoms. The number of rotatable bonds is 4. The van der Waals surface area contributed by atoms with Gasteiger partial charge in [-0.05, 0) is 30.5 Å². The number of ether oxygens (including phenoxy) is 2. The molecule has 3 aliphatic rings. The third-order valence-electron chi connectivity index (χ3n) is 4.77. The van der Waals surface area contributed by atoms with Crippen LogP contribution in [0.1, 0.15) is 16.8 Å². The number of carbonyl (C=O) groups excluding carboxylic acids is 2. The molecule has 25 heavy (non-hydrogen) atoms. The van der Waals surface area contributed by atoms with Crippen LogP contribution in [0.25, 0.3) is 0 Å². The van der Waals surface area contributed by atoms with E-state index in [1.807, 2.05) is 4.90 Å². The predicted octanol–water partition coefficient (Wildman–Crippen LogP) is 0.656. The van der Waals surface area contributed by atoms with E-state index in [2.05, 4.69) is 10.6 Å². The minimum absolute atomic E-state index is 0.119. The van der Waals surface area contributed by atoms with Crippen molar-refractivity contribution in [1.29, 1.82) is 0 Å². The molecule has 2 atom stereocenters. The maximum atomic E-state index is 12.4. The highest BCUT2D eigenvalue weighted by molar-refractivity contribution is 7.99. The van der Waals surface area contributed by atoms with Crippen LogP contribution in [0.15, 0.2) is 18.2 Å². The summed E-state index contributed by atoms with van der Waals surface area (Å²) in [5.74, 6) is 3.40. The Morgan fingerprint density at radius 1 is 1.32 bits per heavy atom. The fraction of sp³-hybridized carbons (Fsp3) is 0.529. The molecule has 3 aliphatic heterocycles. The van der Waals surface area contributed by atoms with Gasteiger partial charge in [-0.3, -0.25) is 9.59 Å². The summed E-state index contributed by atoms with van der Waals surface area (Å²) in [7, 11) is 0. The van der Waals surface area contributed by atoms with Crippen molar-refractivity contribution in [3.05, 3.63) is 23.8 Å². The Hall–Kier alpha value is -1.93. The highest BCUT2D eigenvalue weighted by Gasteiger charge is 2.33. The van der Waals surface area contributed by atoms with Crippen LogP contribution in [0, 0.1) is 5.92 Å². The van der Waals surface area contributed by atoms with Crippen LogP contribution in [0.2, 0.25) is 0 Å². The van der Waals surface area contributed by atoms with Crippen LogP contribution < -0.4 is 20.1 Å². The maximum Gasteiger partial charge on any atom is 0.251 e. The van der Waals surface area contributed by atoms with E-state index in [4.69, 9.17) is 9.47 Å². The topological polar surface area (TPSA) is 79.9 Å². The fourth-order valence-corrected chi connectivity index (χ4v) is 4.29. The molecule has 2 amide bonds.